The summed E-state index contributed by atoms with van der Waals surface area (Å²) in [4.78, 5) is 25.8. The first-order chi connectivity index (χ1) is 21.2. The van der Waals surface area contributed by atoms with Gasteiger partial charge in [-0.3, -0.25) is 0 Å². The van der Waals surface area contributed by atoms with E-state index in [0.29, 0.717) is 12.0 Å². The zero-order chi connectivity index (χ0) is 31.1. The first-order valence-electron chi connectivity index (χ1n) is 13.5. The molecule has 11 nitrogen and oxygen atoms in total. The molecule has 0 amide bonds. The molecule has 1 fully saturated rings. The summed E-state index contributed by atoms with van der Waals surface area (Å²) in [7, 11) is 1.03. The van der Waals surface area contributed by atoms with Crippen molar-refractivity contribution in [2.24, 2.45) is 11.0 Å². The fourth-order valence-electron chi connectivity index (χ4n) is 5.58. The molecule has 1 saturated heterocycles. The average Bonchev–Trinajstić information content (AvgIpc) is 3.23. The van der Waals surface area contributed by atoms with E-state index < -0.39 is 58.8 Å². The van der Waals surface area contributed by atoms with Gasteiger partial charge in [-0.05, 0) is 33.4 Å². The van der Waals surface area contributed by atoms with Crippen molar-refractivity contribution in [1.82, 2.24) is 4.90 Å². The number of hydrogen-bond donors (Lipinski definition) is 0. The molecule has 3 unspecified atom stereocenters. The number of terminal acetylenes is 1. The van der Waals surface area contributed by atoms with Gasteiger partial charge in [-0.25, -0.2) is 18.4 Å². The molecule has 228 valence electrons. The van der Waals surface area contributed by atoms with Crippen LogP contribution in [0.3, 0.4) is 0 Å². The van der Waals surface area contributed by atoms with Crippen LogP contribution in [0.5, 0.6) is 11.5 Å². The Morgan fingerprint density at radius 2 is 2.05 bits per heavy atom. The Morgan fingerprint density at radius 3 is 2.82 bits per heavy atom. The molecule has 1 aliphatic carbocycles. The summed E-state index contributed by atoms with van der Waals surface area (Å²) in [6, 6.07) is 2.01. The number of carbonyl (C=O) groups excluding carboxylic acids is 2. The predicted octanol–water partition coefficient (Wildman–Crippen LogP) is 0.713. The van der Waals surface area contributed by atoms with Crippen LogP contribution in [0, 0.1) is 29.9 Å². The number of ether oxygens (including phenoxy) is 4. The first kappa shape index (κ1) is 29.5. The minimum atomic E-state index is -1.78. The van der Waals surface area contributed by atoms with Gasteiger partial charge in [0.1, 0.15) is 0 Å². The Morgan fingerprint density at radius 1 is 1.25 bits per heavy atom. The summed E-state index contributed by atoms with van der Waals surface area (Å²) in [5, 5.41) is 31.6. The number of rotatable bonds is 4. The van der Waals surface area contributed by atoms with Crippen LogP contribution in [0.1, 0.15) is 11.1 Å². The van der Waals surface area contributed by atoms with Crippen molar-refractivity contribution < 1.29 is 51.9 Å². The lowest BCUT2D eigenvalue weighted by molar-refractivity contribution is -0.569. The van der Waals surface area contributed by atoms with E-state index in [4.69, 9.17) is 20.6 Å². The Hall–Kier alpha value is -4.61. The second-order valence-electron chi connectivity index (χ2n) is 10.2. The molecule has 2 aromatic rings. The summed E-state index contributed by atoms with van der Waals surface area (Å²) in [6.07, 6.45) is 9.20. The van der Waals surface area contributed by atoms with Crippen molar-refractivity contribution in [3.8, 4) is 35.1 Å². The molecule has 14 heteroatoms. The first-order valence-corrected chi connectivity index (χ1v) is 14.6. The van der Waals surface area contributed by atoms with Crippen molar-refractivity contribution >= 4 is 29.8 Å². The van der Waals surface area contributed by atoms with Crippen molar-refractivity contribution in [1.29, 1.82) is 0 Å². The monoisotopic (exact) mass is 624 g/mol. The van der Waals surface area contributed by atoms with Gasteiger partial charge in [0.25, 0.3) is 11.5 Å². The van der Waals surface area contributed by atoms with E-state index in [1.165, 1.54) is 16.7 Å². The van der Waals surface area contributed by atoms with Gasteiger partial charge in [-0.1, -0.05) is 36.0 Å². The Kier molecular flexibility index (Phi) is 7.91. The minimum Gasteiger partial charge on any atom is -0.870 e. The van der Waals surface area contributed by atoms with Crippen LogP contribution >= 0.6 is 11.8 Å². The summed E-state index contributed by atoms with van der Waals surface area (Å²) in [5.41, 5.74) is 0.774. The van der Waals surface area contributed by atoms with E-state index in [-0.39, 0.29) is 53.5 Å². The van der Waals surface area contributed by atoms with Crippen LogP contribution in [0.15, 0.2) is 41.6 Å². The molecule has 0 bridgehead atoms. The maximum atomic E-state index is 15.3. The SMILES string of the molecule is C#C[C@H](OC(=O)Oc1c([O-])cc(-c2cc(F)c(F)c3c2CC2C=CC=CC2SC3)[n+]2c1=C([O-])N1CCOCC1N=2)C(=O)OC. The number of aromatic nitrogens is 1. The number of esters is 1. The van der Waals surface area contributed by atoms with Gasteiger partial charge >= 0.3 is 12.1 Å². The van der Waals surface area contributed by atoms with Gasteiger partial charge in [-0.2, -0.15) is 0 Å². The molecule has 1 aromatic heterocycles. The Labute approximate surface area is 253 Å². The number of halogens is 2. The molecule has 4 atom stereocenters. The highest BCUT2D eigenvalue weighted by molar-refractivity contribution is 7.99. The van der Waals surface area contributed by atoms with Gasteiger partial charge in [-0.15, -0.1) is 18.2 Å². The van der Waals surface area contributed by atoms with Crippen molar-refractivity contribution in [2.45, 2.75) is 29.7 Å². The highest BCUT2D eigenvalue weighted by atomic mass is 32.2. The largest absolute Gasteiger partial charge is 0.870 e. The number of hydrogen-bond acceptors (Lipinski definition) is 11. The number of allylic oxidation sites excluding steroid dienone is 3. The fourth-order valence-corrected chi connectivity index (χ4v) is 6.87. The van der Waals surface area contributed by atoms with Crippen LogP contribution in [0.2, 0.25) is 0 Å². The molecular formula is C30H24F2N3O8S-. The van der Waals surface area contributed by atoms with E-state index in [1.54, 1.807) is 0 Å². The van der Waals surface area contributed by atoms with Gasteiger partial charge < -0.3 is 34.1 Å². The van der Waals surface area contributed by atoms with Crippen LogP contribution in [0.25, 0.3) is 17.1 Å². The van der Waals surface area contributed by atoms with E-state index in [0.717, 1.165) is 23.6 Å². The van der Waals surface area contributed by atoms with Gasteiger partial charge in [0.05, 0.1) is 25.9 Å². The lowest BCUT2D eigenvalue weighted by atomic mass is 9.87. The lowest BCUT2D eigenvalue weighted by Gasteiger charge is -2.37. The third-order valence-electron chi connectivity index (χ3n) is 7.69. The maximum absolute atomic E-state index is 15.3. The molecule has 4 aliphatic rings. The Bertz CT molecular complexity index is 1790. The highest BCUT2D eigenvalue weighted by Crippen LogP contribution is 2.41. The summed E-state index contributed by atoms with van der Waals surface area (Å²) < 4.78 is 51.5. The molecule has 0 saturated carbocycles. The highest BCUT2D eigenvalue weighted by Gasteiger charge is 2.36. The number of morpholine rings is 1. The van der Waals surface area contributed by atoms with Gasteiger partial charge in [0.15, 0.2) is 11.6 Å². The molecule has 4 heterocycles. The number of benzene rings is 1. The maximum Gasteiger partial charge on any atom is 0.515 e. The zero-order valence-corrected chi connectivity index (χ0v) is 24.0. The summed E-state index contributed by atoms with van der Waals surface area (Å²) in [5.74, 6) is -3.55. The molecular weight excluding hydrogens is 600 g/mol. The molecule has 44 heavy (non-hydrogen) atoms. The fraction of sp³-hybridized carbons (Fsp3) is 0.333. The quantitative estimate of drug-likeness (QED) is 0.272. The predicted molar refractivity (Wildman–Crippen MR) is 146 cm³/mol. The topological polar surface area (TPSA) is 139 Å². The third-order valence-corrected chi connectivity index (χ3v) is 9.04. The van der Waals surface area contributed by atoms with Crippen molar-refractivity contribution in [2.75, 3.05) is 26.9 Å². The minimum absolute atomic E-state index is 0.00529. The average molecular weight is 625 g/mol. The number of fused-ring (bicyclic) bond motifs is 4. The summed E-state index contributed by atoms with van der Waals surface area (Å²) >= 11 is 1.47. The molecule has 0 N–H and O–H groups in total. The van der Waals surface area contributed by atoms with Crippen molar-refractivity contribution in [3.63, 3.8) is 0 Å². The second-order valence-corrected chi connectivity index (χ2v) is 11.3. The standard InChI is InChI=1S/C30H24F2N3O8S/c1-3-22(29(38)40-2)42-30(39)43-27-21(36)12-20(35-26(27)28(37)34-8-9-41-13-24(34)33-35)17-11-19(31)25(32)18-14-44-23-7-5-4-6-15(23)10-16(17)18/h1,4-7,11-12,15,22-24H,8-10,13-14H2,2H3/q-1/t15?,22-,23?,24?/m0/s1. The van der Waals surface area contributed by atoms with Crippen molar-refractivity contribution in [3.05, 3.63) is 64.5 Å². The van der Waals surface area contributed by atoms with Gasteiger partial charge in [0, 0.05) is 35.1 Å². The number of methoxy groups -OCH3 is 1. The van der Waals surface area contributed by atoms with Crippen LogP contribution in [-0.4, -0.2) is 61.4 Å². The number of thioether (sulfide) groups is 1. The van der Waals surface area contributed by atoms with Crippen LogP contribution in [0.4, 0.5) is 13.6 Å². The smallest absolute Gasteiger partial charge is 0.515 e. The molecule has 0 spiro atoms. The second kappa shape index (κ2) is 11.8. The Balaban J connectivity index is 1.55. The normalized spacial score (nSPS) is 22.2. The molecule has 0 radical (unpaired) electrons. The zero-order valence-electron chi connectivity index (χ0n) is 23.2. The third kappa shape index (κ3) is 5.11. The number of pyridine rings is 1. The van der Waals surface area contributed by atoms with E-state index in [1.807, 2.05) is 30.2 Å². The van der Waals surface area contributed by atoms with E-state index in [9.17, 15) is 19.8 Å². The van der Waals surface area contributed by atoms with E-state index in [2.05, 4.69) is 9.85 Å². The van der Waals surface area contributed by atoms with Crippen LogP contribution in [-0.2, 0) is 31.2 Å². The number of carbonyl (C=O) groups is 2. The van der Waals surface area contributed by atoms with Crippen LogP contribution < -0.4 is 24.7 Å². The number of nitrogens with zero attached hydrogens (tertiary/aromatic N) is 3. The summed E-state index contributed by atoms with van der Waals surface area (Å²) in [6.45, 7) is 0.352. The molecule has 3 aliphatic heterocycles. The molecule has 1 aromatic carbocycles. The van der Waals surface area contributed by atoms with Gasteiger partial charge in [0.2, 0.25) is 17.6 Å². The van der Waals surface area contributed by atoms with E-state index >= 15 is 8.78 Å². The lowest BCUT2D eigenvalue weighted by Crippen LogP contribution is -2.59. The molecule has 6 rings (SSSR count).